The van der Waals surface area contributed by atoms with E-state index in [0.29, 0.717) is 12.8 Å². The smallest absolute Gasteiger partial charge is 0.306 e. The third-order valence-electron chi connectivity index (χ3n) is 10.5. The third-order valence-corrected chi connectivity index (χ3v) is 10.5. The van der Waals surface area contributed by atoms with E-state index in [1.54, 1.807) is 0 Å². The molecule has 0 aliphatic carbocycles. The fraction of sp³-hybridized carbons (Fsp3) is 0.621. The van der Waals surface area contributed by atoms with Crippen molar-refractivity contribution < 1.29 is 24.2 Å². The summed E-state index contributed by atoms with van der Waals surface area (Å²) in [4.78, 5) is 24.4. The predicted molar refractivity (Wildman–Crippen MR) is 274 cm³/mol. The molecule has 0 fully saturated rings. The Morgan fingerprint density at radius 3 is 1.03 bits per heavy atom. The summed E-state index contributed by atoms with van der Waals surface area (Å²) < 4.78 is 10.7. The van der Waals surface area contributed by atoms with E-state index in [4.69, 9.17) is 9.47 Å². The molecule has 0 saturated heterocycles. The van der Waals surface area contributed by atoms with Gasteiger partial charge in [-0.2, -0.15) is 0 Å². The molecule has 1 atom stereocenters. The van der Waals surface area contributed by atoms with Gasteiger partial charge in [-0.1, -0.05) is 212 Å². The normalized spacial score (nSPS) is 13.3. The lowest BCUT2D eigenvalue weighted by Crippen LogP contribution is -2.28. The Labute approximate surface area is 388 Å². The molecule has 0 saturated carbocycles. The second kappa shape index (κ2) is 52.6. The van der Waals surface area contributed by atoms with Crippen molar-refractivity contribution in [1.82, 2.24) is 0 Å². The number of rotatable bonds is 45. The van der Waals surface area contributed by atoms with E-state index < -0.39 is 6.10 Å². The molecular formula is C58H94O5. The first kappa shape index (κ1) is 59.3. The minimum Gasteiger partial charge on any atom is -0.462 e. The van der Waals surface area contributed by atoms with Crippen molar-refractivity contribution in [2.24, 2.45) is 0 Å². The number of carbonyl (C=O) groups excluding carboxylic acids is 2. The van der Waals surface area contributed by atoms with Crippen LogP contribution in [0.15, 0.2) is 122 Å². The number of unbranched alkanes of at least 4 members (excludes halogenated alkanes) is 17. The van der Waals surface area contributed by atoms with Crippen molar-refractivity contribution in [1.29, 1.82) is 0 Å². The number of carbonyl (C=O) groups is 2. The van der Waals surface area contributed by atoms with Gasteiger partial charge in [0.25, 0.3) is 0 Å². The molecule has 0 aliphatic rings. The van der Waals surface area contributed by atoms with Gasteiger partial charge in [-0.3, -0.25) is 9.59 Å². The van der Waals surface area contributed by atoms with Gasteiger partial charge in [0.05, 0.1) is 6.61 Å². The molecule has 5 heteroatoms. The maximum Gasteiger partial charge on any atom is 0.306 e. The lowest BCUT2D eigenvalue weighted by Gasteiger charge is -2.15. The van der Waals surface area contributed by atoms with Crippen LogP contribution in [0.1, 0.15) is 213 Å². The number of hydrogen-bond donors (Lipinski definition) is 1. The monoisotopic (exact) mass is 871 g/mol. The zero-order valence-corrected chi connectivity index (χ0v) is 40.5. The largest absolute Gasteiger partial charge is 0.462 e. The molecular weight excluding hydrogens is 777 g/mol. The number of esters is 2. The molecule has 1 unspecified atom stereocenters. The fourth-order valence-corrected chi connectivity index (χ4v) is 6.66. The minimum atomic E-state index is -0.792. The summed E-state index contributed by atoms with van der Waals surface area (Å²) in [6.45, 7) is 3.98. The van der Waals surface area contributed by atoms with E-state index in [9.17, 15) is 14.7 Å². The molecule has 0 heterocycles. The molecule has 0 amide bonds. The van der Waals surface area contributed by atoms with Crippen molar-refractivity contribution in [2.75, 3.05) is 13.2 Å². The first-order valence-electron chi connectivity index (χ1n) is 25.6. The highest BCUT2D eigenvalue weighted by molar-refractivity contribution is 5.70. The van der Waals surface area contributed by atoms with Crippen LogP contribution in [0, 0.1) is 0 Å². The summed E-state index contributed by atoms with van der Waals surface area (Å²) in [6, 6.07) is 0. The zero-order valence-electron chi connectivity index (χ0n) is 40.5. The molecule has 0 radical (unpaired) electrons. The Morgan fingerprint density at radius 2 is 0.683 bits per heavy atom. The molecule has 0 spiro atoms. The SMILES string of the molecule is CC/C=C\C/C=C\C/C=C\C/C=C\C/C=C\C/C=C\C/C=C\C/C=C\CCCCCCCCC(=O)OC(CO)COC(=O)CCCCCCCCC/C=C\C/C=C\CCCCCC. The van der Waals surface area contributed by atoms with Crippen molar-refractivity contribution in [3.05, 3.63) is 122 Å². The molecule has 5 nitrogen and oxygen atoms in total. The highest BCUT2D eigenvalue weighted by Gasteiger charge is 2.16. The Hall–Kier alpha value is -3.70. The molecule has 63 heavy (non-hydrogen) atoms. The minimum absolute atomic E-state index is 0.0834. The van der Waals surface area contributed by atoms with Crippen LogP contribution in [-0.4, -0.2) is 36.4 Å². The first-order chi connectivity index (χ1) is 31.1. The highest BCUT2D eigenvalue weighted by Crippen LogP contribution is 2.13. The standard InChI is InChI=1S/C58H94O5/c1-3-5-7-9-11-13-15-17-19-21-23-24-25-26-27-28-29-30-31-32-33-34-35-37-39-41-43-45-47-49-51-53-58(61)63-56(54-59)55-62-57(60)52-50-48-46-44-42-40-38-36-22-20-18-16-14-12-10-8-6-4-2/h5,7,11,13-14,16-17,19-20,22-24,26-27,29-30,32-33,35,37,56,59H,3-4,6,8-10,12,15,18,21,25,28,31,34,36,38-55H2,1-2H3/b7-5-,13-11-,16-14-,19-17-,22-20-,24-23-,27-26-,30-29-,33-32-,37-35-. The van der Waals surface area contributed by atoms with Crippen LogP contribution in [0.3, 0.4) is 0 Å². The van der Waals surface area contributed by atoms with Gasteiger partial charge in [-0.15, -0.1) is 0 Å². The van der Waals surface area contributed by atoms with Gasteiger partial charge in [-0.05, 0) is 109 Å². The highest BCUT2D eigenvalue weighted by atomic mass is 16.6. The average Bonchev–Trinajstić information content (AvgIpc) is 3.29. The molecule has 0 aromatic heterocycles. The number of aliphatic hydroxyl groups is 1. The second-order valence-corrected chi connectivity index (χ2v) is 16.5. The molecule has 0 rings (SSSR count). The van der Waals surface area contributed by atoms with Crippen LogP contribution >= 0.6 is 0 Å². The maximum absolute atomic E-state index is 12.3. The first-order valence-corrected chi connectivity index (χ1v) is 25.6. The van der Waals surface area contributed by atoms with Crippen LogP contribution in [-0.2, 0) is 19.1 Å². The predicted octanol–water partition coefficient (Wildman–Crippen LogP) is 17.1. The maximum atomic E-state index is 12.3. The number of aliphatic hydroxyl groups excluding tert-OH is 1. The van der Waals surface area contributed by atoms with Crippen LogP contribution < -0.4 is 0 Å². The number of hydrogen-bond acceptors (Lipinski definition) is 5. The van der Waals surface area contributed by atoms with Crippen molar-refractivity contribution >= 4 is 11.9 Å². The second-order valence-electron chi connectivity index (χ2n) is 16.5. The van der Waals surface area contributed by atoms with E-state index >= 15 is 0 Å². The Kier molecular flexibility index (Phi) is 49.6. The third kappa shape index (κ3) is 50.8. The Morgan fingerprint density at radius 1 is 0.381 bits per heavy atom. The quantitative estimate of drug-likeness (QED) is 0.0375. The summed E-state index contributed by atoms with van der Waals surface area (Å²) in [5.74, 6) is -0.624. The summed E-state index contributed by atoms with van der Waals surface area (Å²) >= 11 is 0. The Bertz CT molecular complexity index is 1310. The summed E-state index contributed by atoms with van der Waals surface area (Å²) in [5.41, 5.74) is 0. The van der Waals surface area contributed by atoms with E-state index in [1.807, 2.05) is 0 Å². The molecule has 0 aromatic carbocycles. The topological polar surface area (TPSA) is 72.8 Å². The fourth-order valence-electron chi connectivity index (χ4n) is 6.66. The van der Waals surface area contributed by atoms with Crippen LogP contribution in [0.25, 0.3) is 0 Å². The Balaban J connectivity index is 3.64. The van der Waals surface area contributed by atoms with Gasteiger partial charge < -0.3 is 14.6 Å². The van der Waals surface area contributed by atoms with Gasteiger partial charge in [0.15, 0.2) is 6.10 Å². The van der Waals surface area contributed by atoms with Crippen LogP contribution in [0.2, 0.25) is 0 Å². The van der Waals surface area contributed by atoms with E-state index in [2.05, 4.69) is 135 Å². The van der Waals surface area contributed by atoms with E-state index in [1.165, 1.54) is 77.0 Å². The van der Waals surface area contributed by atoms with Crippen molar-refractivity contribution in [3.8, 4) is 0 Å². The molecule has 356 valence electrons. The average molecular weight is 871 g/mol. The molecule has 0 aromatic rings. The molecule has 1 N–H and O–H groups in total. The lowest BCUT2D eigenvalue weighted by atomic mass is 10.1. The van der Waals surface area contributed by atoms with Gasteiger partial charge in [0, 0.05) is 12.8 Å². The number of ether oxygens (including phenoxy) is 2. The van der Waals surface area contributed by atoms with Gasteiger partial charge in [-0.25, -0.2) is 0 Å². The van der Waals surface area contributed by atoms with Gasteiger partial charge >= 0.3 is 11.9 Å². The molecule has 0 bridgehead atoms. The van der Waals surface area contributed by atoms with Crippen molar-refractivity contribution in [2.45, 2.75) is 219 Å². The van der Waals surface area contributed by atoms with Crippen LogP contribution in [0.5, 0.6) is 0 Å². The molecule has 0 aliphatic heterocycles. The summed E-state index contributed by atoms with van der Waals surface area (Å²) in [6.07, 6.45) is 77.1. The van der Waals surface area contributed by atoms with Crippen LogP contribution in [0.4, 0.5) is 0 Å². The lowest BCUT2D eigenvalue weighted by molar-refractivity contribution is -0.161. The summed E-state index contributed by atoms with van der Waals surface area (Å²) in [7, 11) is 0. The van der Waals surface area contributed by atoms with E-state index in [-0.39, 0.29) is 25.2 Å². The van der Waals surface area contributed by atoms with Gasteiger partial charge in [0.2, 0.25) is 0 Å². The zero-order chi connectivity index (χ0) is 45.6. The van der Waals surface area contributed by atoms with E-state index in [0.717, 1.165) is 109 Å². The summed E-state index contributed by atoms with van der Waals surface area (Å²) in [5, 5.41) is 9.62. The number of allylic oxidation sites excluding steroid dienone is 20. The van der Waals surface area contributed by atoms with Gasteiger partial charge in [0.1, 0.15) is 6.61 Å². The van der Waals surface area contributed by atoms with Crippen molar-refractivity contribution in [3.63, 3.8) is 0 Å².